The SMILES string of the molecule is CC1=C(C)[C@@H]2[C@H](C(=O)N(C)C)C[C@H]1[P@@]2c1ccccc1.C[C@H](c1c[c-]cc2ccccc12)N(C)C.[Cl][Pd+]. The van der Waals surface area contributed by atoms with Gasteiger partial charge < -0.3 is 9.80 Å². The van der Waals surface area contributed by atoms with Crippen molar-refractivity contribution in [2.45, 2.75) is 44.6 Å². The molecular weight excluding hydrogens is 589 g/mol. The van der Waals surface area contributed by atoms with Crippen molar-refractivity contribution in [3.8, 4) is 0 Å². The van der Waals surface area contributed by atoms with Crippen LogP contribution in [0.15, 0.2) is 77.9 Å². The molecule has 1 fully saturated rings. The quantitative estimate of drug-likeness (QED) is 0.136. The van der Waals surface area contributed by atoms with Crippen LogP contribution in [0.5, 0.6) is 0 Å². The Morgan fingerprint density at radius 1 is 0.973 bits per heavy atom. The summed E-state index contributed by atoms with van der Waals surface area (Å²) < 4.78 is 0. The van der Waals surface area contributed by atoms with Gasteiger partial charge in [0.15, 0.2) is 0 Å². The molecule has 0 aliphatic carbocycles. The summed E-state index contributed by atoms with van der Waals surface area (Å²) in [4.78, 5) is 16.5. The molecule has 0 spiro atoms. The predicted molar refractivity (Wildman–Crippen MR) is 156 cm³/mol. The Morgan fingerprint density at radius 3 is 2.22 bits per heavy atom. The first-order chi connectivity index (χ1) is 17.7. The number of allylic oxidation sites excluding steroid dienone is 2. The zero-order chi connectivity index (χ0) is 27.3. The Hall–Kier alpha value is -1.53. The molecular formula is C31H38ClN2OPPd. The second-order valence-corrected chi connectivity index (χ2v) is 12.8. The number of fused-ring (bicyclic) bond motifs is 3. The normalized spacial score (nSPS) is 22.8. The number of halogens is 1. The van der Waals surface area contributed by atoms with Gasteiger partial charge in [-0.15, -0.1) is 22.4 Å². The van der Waals surface area contributed by atoms with Crippen LogP contribution in [0.25, 0.3) is 10.8 Å². The number of carbonyl (C=O) groups excluding carboxylic acids is 1. The third-order valence-electron chi connectivity index (χ3n) is 7.85. The van der Waals surface area contributed by atoms with Crippen LogP contribution in [0.2, 0.25) is 0 Å². The fourth-order valence-corrected chi connectivity index (χ4v) is 9.50. The second kappa shape index (κ2) is 13.5. The molecule has 3 aromatic carbocycles. The van der Waals surface area contributed by atoms with Crippen LogP contribution in [0.4, 0.5) is 0 Å². The van der Waals surface area contributed by atoms with Crippen molar-refractivity contribution < 1.29 is 23.0 Å². The van der Waals surface area contributed by atoms with E-state index in [1.165, 1.54) is 27.2 Å². The van der Waals surface area contributed by atoms with Crippen molar-refractivity contribution in [2.24, 2.45) is 5.92 Å². The molecule has 0 unspecified atom stereocenters. The van der Waals surface area contributed by atoms with Crippen molar-refractivity contribution in [3.05, 3.63) is 89.5 Å². The molecule has 37 heavy (non-hydrogen) atoms. The van der Waals surface area contributed by atoms with Gasteiger partial charge in [-0.3, -0.25) is 4.79 Å². The maximum atomic E-state index is 12.5. The Labute approximate surface area is 239 Å². The Morgan fingerprint density at radius 2 is 1.59 bits per heavy atom. The van der Waals surface area contributed by atoms with E-state index in [0.717, 1.165) is 6.42 Å². The molecule has 0 radical (unpaired) electrons. The van der Waals surface area contributed by atoms with E-state index >= 15 is 0 Å². The van der Waals surface area contributed by atoms with Crippen LogP contribution in [-0.2, 0) is 23.0 Å². The molecule has 2 aliphatic heterocycles. The number of nitrogens with zero attached hydrogens (tertiary/aromatic N) is 2. The van der Waals surface area contributed by atoms with Gasteiger partial charge in [0.2, 0.25) is 5.91 Å². The first kappa shape index (κ1) is 30.0. The van der Waals surface area contributed by atoms with Gasteiger partial charge in [-0.05, 0) is 45.7 Å². The van der Waals surface area contributed by atoms with Gasteiger partial charge in [-0.1, -0.05) is 74.5 Å². The summed E-state index contributed by atoms with van der Waals surface area (Å²) in [6.45, 7) is 6.73. The number of rotatable bonds is 4. The fourth-order valence-electron chi connectivity index (χ4n) is 5.58. The molecule has 0 aromatic heterocycles. The van der Waals surface area contributed by atoms with E-state index in [1.54, 1.807) is 10.5 Å². The maximum absolute atomic E-state index is 12.5. The van der Waals surface area contributed by atoms with Crippen molar-refractivity contribution in [1.29, 1.82) is 0 Å². The number of hydrogen-bond acceptors (Lipinski definition) is 2. The molecule has 1 saturated heterocycles. The molecule has 0 saturated carbocycles. The van der Waals surface area contributed by atoms with Crippen LogP contribution in [0.1, 0.15) is 38.8 Å². The van der Waals surface area contributed by atoms with E-state index in [4.69, 9.17) is 0 Å². The van der Waals surface area contributed by atoms with Crippen LogP contribution < -0.4 is 5.30 Å². The van der Waals surface area contributed by atoms with Gasteiger partial charge in [0.1, 0.15) is 0 Å². The minimum atomic E-state index is -0.248. The van der Waals surface area contributed by atoms with Gasteiger partial charge in [0.05, 0.1) is 0 Å². The van der Waals surface area contributed by atoms with Crippen molar-refractivity contribution in [1.82, 2.24) is 9.80 Å². The van der Waals surface area contributed by atoms with Gasteiger partial charge in [-0.25, -0.2) is 0 Å². The molecule has 200 valence electrons. The topological polar surface area (TPSA) is 23.6 Å². The zero-order valence-corrected chi connectivity index (χ0v) is 26.0. The summed E-state index contributed by atoms with van der Waals surface area (Å²) in [5, 5.41) is 4.06. The van der Waals surface area contributed by atoms with E-state index < -0.39 is 0 Å². The molecule has 3 aromatic rings. The van der Waals surface area contributed by atoms with Gasteiger partial charge in [0.25, 0.3) is 0 Å². The average Bonchev–Trinajstić information content (AvgIpc) is 3.43. The number of amides is 1. The standard InChI is InChI=1S/C17H22NOP.C14H16N.ClH.Pd/c1-11-12(2)16-14(17(19)18(3)4)10-15(11)20(16)13-8-6-5-7-9-13;1-11(15(2)3)13-10-6-8-12-7-4-5-9-14(12)13;;/h5-9,14-16H,10H2,1-4H3;4-5,7-11H,1-3H3;1H;/q;-1;;+2/p-1/t14-,15-,16-,20-;11-;;/m11../s1. The third-order valence-corrected chi connectivity index (χ3v) is 11.4. The van der Waals surface area contributed by atoms with Gasteiger partial charge in [-0.2, -0.15) is 18.2 Å². The third kappa shape index (κ3) is 6.38. The first-order valence-electron chi connectivity index (χ1n) is 12.6. The summed E-state index contributed by atoms with van der Waals surface area (Å²) in [5.74, 6) is 0.512. The van der Waals surface area contributed by atoms with E-state index in [0.29, 0.717) is 23.3 Å². The van der Waals surface area contributed by atoms with Crippen LogP contribution >= 0.6 is 17.5 Å². The molecule has 2 aliphatic rings. The second-order valence-electron chi connectivity index (χ2n) is 10.3. The van der Waals surface area contributed by atoms with Crippen molar-refractivity contribution in [2.75, 3.05) is 28.2 Å². The molecule has 5 atom stereocenters. The zero-order valence-electron chi connectivity index (χ0n) is 22.8. The number of carbonyl (C=O) groups is 1. The minimum absolute atomic E-state index is 0.199. The summed E-state index contributed by atoms with van der Waals surface area (Å²) in [6.07, 6.45) is 1.05. The van der Waals surface area contributed by atoms with Crippen molar-refractivity contribution in [3.63, 3.8) is 0 Å². The molecule has 3 nitrogen and oxygen atoms in total. The Balaban J connectivity index is 0.000000200. The molecule has 5 rings (SSSR count). The number of benzene rings is 3. The summed E-state index contributed by atoms with van der Waals surface area (Å²) >= 11 is 2.22. The average molecular weight is 628 g/mol. The van der Waals surface area contributed by atoms with Crippen LogP contribution in [-0.4, -0.2) is 55.2 Å². The van der Waals surface area contributed by atoms with E-state index in [-0.39, 0.29) is 13.8 Å². The van der Waals surface area contributed by atoms with Crippen molar-refractivity contribution >= 4 is 39.4 Å². The monoisotopic (exact) mass is 626 g/mol. The Kier molecular flexibility index (Phi) is 11.0. The first-order valence-corrected chi connectivity index (χ1v) is 16.1. The summed E-state index contributed by atoms with van der Waals surface area (Å²) in [6, 6.07) is 27.1. The Bertz CT molecular complexity index is 1220. The van der Waals surface area contributed by atoms with Gasteiger partial charge >= 0.3 is 27.7 Å². The summed E-state index contributed by atoms with van der Waals surface area (Å²) in [5.41, 5.74) is 5.46. The molecule has 1 amide bonds. The van der Waals surface area contributed by atoms with E-state index in [9.17, 15) is 4.79 Å². The van der Waals surface area contributed by atoms with Crippen LogP contribution in [0, 0.1) is 12.0 Å². The molecule has 2 heterocycles. The molecule has 2 bridgehead atoms. The molecule has 6 heteroatoms. The fraction of sp³-hybridized carbons (Fsp3) is 0.387. The number of hydrogen-bond donors (Lipinski definition) is 0. The molecule has 0 N–H and O–H groups in total. The van der Waals surface area contributed by atoms with Gasteiger partial charge in [0, 0.05) is 31.3 Å². The summed E-state index contributed by atoms with van der Waals surface area (Å²) in [7, 11) is 12.2. The van der Waals surface area contributed by atoms with E-state index in [2.05, 4.69) is 134 Å². The predicted octanol–water partition coefficient (Wildman–Crippen LogP) is 6.94. The van der Waals surface area contributed by atoms with E-state index in [1.807, 2.05) is 20.2 Å². The van der Waals surface area contributed by atoms with Crippen LogP contribution in [0.3, 0.4) is 0 Å².